The fourth-order valence-corrected chi connectivity index (χ4v) is 3.62. The van der Waals surface area contributed by atoms with Gasteiger partial charge in [-0.2, -0.15) is 11.3 Å². The van der Waals surface area contributed by atoms with Gasteiger partial charge in [-0.15, -0.1) is 0 Å². The standard InChI is InChI=1S/C18H22ClNS/c19-17-3-1-2-15(11-17)10-16(12-20-18-6-7-18)5-4-14-8-9-21-13-14/h1-3,8-9,11,13,16,18,20H,4-7,10,12H2. The molecule has 0 amide bonds. The minimum Gasteiger partial charge on any atom is -0.314 e. The number of rotatable bonds is 8. The summed E-state index contributed by atoms with van der Waals surface area (Å²) in [5.74, 6) is 0.684. The molecule has 0 saturated heterocycles. The van der Waals surface area contributed by atoms with E-state index >= 15 is 0 Å². The number of hydrogen-bond acceptors (Lipinski definition) is 2. The highest BCUT2D eigenvalue weighted by atomic mass is 35.5. The van der Waals surface area contributed by atoms with E-state index in [-0.39, 0.29) is 0 Å². The van der Waals surface area contributed by atoms with E-state index in [2.05, 4.69) is 40.3 Å². The SMILES string of the molecule is Clc1cccc(CC(CCc2ccsc2)CNC2CC2)c1. The van der Waals surface area contributed by atoms with Crippen LogP contribution in [-0.2, 0) is 12.8 Å². The molecule has 3 heteroatoms. The summed E-state index contributed by atoms with van der Waals surface area (Å²) >= 11 is 7.90. The van der Waals surface area contributed by atoms with Crippen LogP contribution in [0.3, 0.4) is 0 Å². The Bertz CT molecular complexity index is 548. The van der Waals surface area contributed by atoms with Crippen molar-refractivity contribution in [3.05, 3.63) is 57.2 Å². The first-order valence-electron chi connectivity index (χ1n) is 7.78. The van der Waals surface area contributed by atoms with Crippen molar-refractivity contribution < 1.29 is 0 Å². The molecule has 3 rings (SSSR count). The summed E-state index contributed by atoms with van der Waals surface area (Å²) in [6.07, 6.45) is 6.25. The normalized spacial score (nSPS) is 16.0. The lowest BCUT2D eigenvalue weighted by Crippen LogP contribution is -2.26. The van der Waals surface area contributed by atoms with Gasteiger partial charge in [0.2, 0.25) is 0 Å². The molecule has 2 aromatic rings. The minimum absolute atomic E-state index is 0.684. The highest BCUT2D eigenvalue weighted by Gasteiger charge is 2.22. The molecule has 0 radical (unpaired) electrons. The fourth-order valence-electron chi connectivity index (χ4n) is 2.70. The summed E-state index contributed by atoms with van der Waals surface area (Å²) in [4.78, 5) is 0. The van der Waals surface area contributed by atoms with Crippen LogP contribution in [0.1, 0.15) is 30.4 Å². The Hall–Kier alpha value is -0.830. The van der Waals surface area contributed by atoms with E-state index in [4.69, 9.17) is 11.6 Å². The predicted molar refractivity (Wildman–Crippen MR) is 92.3 cm³/mol. The molecule has 1 aromatic carbocycles. The van der Waals surface area contributed by atoms with Crippen molar-refractivity contribution >= 4 is 22.9 Å². The predicted octanol–water partition coefficient (Wildman–Crippen LogP) is 4.95. The van der Waals surface area contributed by atoms with Crippen LogP contribution in [0, 0.1) is 5.92 Å². The molecule has 0 spiro atoms. The number of benzene rings is 1. The molecular weight excluding hydrogens is 298 g/mol. The maximum Gasteiger partial charge on any atom is 0.0408 e. The van der Waals surface area contributed by atoms with Crippen LogP contribution in [0.4, 0.5) is 0 Å². The lowest BCUT2D eigenvalue weighted by molar-refractivity contribution is 0.442. The molecule has 1 unspecified atom stereocenters. The van der Waals surface area contributed by atoms with Gasteiger partial charge in [-0.1, -0.05) is 23.7 Å². The molecular formula is C18H22ClNS. The van der Waals surface area contributed by atoms with Crippen molar-refractivity contribution in [1.82, 2.24) is 5.32 Å². The lowest BCUT2D eigenvalue weighted by Gasteiger charge is -2.18. The van der Waals surface area contributed by atoms with E-state index in [9.17, 15) is 0 Å². The first-order chi connectivity index (χ1) is 10.3. The minimum atomic E-state index is 0.684. The van der Waals surface area contributed by atoms with Crippen molar-refractivity contribution in [1.29, 1.82) is 0 Å². The van der Waals surface area contributed by atoms with Crippen LogP contribution in [-0.4, -0.2) is 12.6 Å². The number of thiophene rings is 1. The molecule has 1 saturated carbocycles. The van der Waals surface area contributed by atoms with E-state index in [0.29, 0.717) is 5.92 Å². The van der Waals surface area contributed by atoms with Crippen molar-refractivity contribution in [3.8, 4) is 0 Å². The van der Waals surface area contributed by atoms with Crippen molar-refractivity contribution in [2.45, 2.75) is 38.1 Å². The average Bonchev–Trinajstić information content (AvgIpc) is 3.16. The second-order valence-corrected chi connectivity index (χ2v) is 7.27. The molecule has 1 heterocycles. The third kappa shape index (κ3) is 5.14. The molecule has 1 fully saturated rings. The van der Waals surface area contributed by atoms with Crippen LogP contribution >= 0.6 is 22.9 Å². The topological polar surface area (TPSA) is 12.0 Å². The maximum absolute atomic E-state index is 6.11. The summed E-state index contributed by atoms with van der Waals surface area (Å²) in [6.45, 7) is 1.13. The Labute approximate surface area is 136 Å². The molecule has 0 bridgehead atoms. The summed E-state index contributed by atoms with van der Waals surface area (Å²) < 4.78 is 0. The molecule has 1 aliphatic carbocycles. The molecule has 1 atom stereocenters. The molecule has 0 aliphatic heterocycles. The Morgan fingerprint density at radius 2 is 2.14 bits per heavy atom. The van der Waals surface area contributed by atoms with Crippen molar-refractivity contribution in [3.63, 3.8) is 0 Å². The second kappa shape index (κ2) is 7.44. The molecule has 1 aliphatic rings. The molecule has 112 valence electrons. The highest BCUT2D eigenvalue weighted by Crippen LogP contribution is 2.22. The van der Waals surface area contributed by atoms with E-state index in [0.717, 1.165) is 24.0 Å². The zero-order valence-electron chi connectivity index (χ0n) is 12.2. The first-order valence-corrected chi connectivity index (χ1v) is 9.10. The summed E-state index contributed by atoms with van der Waals surface area (Å²) in [6, 6.07) is 11.3. The van der Waals surface area contributed by atoms with Crippen molar-refractivity contribution in [2.24, 2.45) is 5.92 Å². The zero-order valence-corrected chi connectivity index (χ0v) is 13.8. The summed E-state index contributed by atoms with van der Waals surface area (Å²) in [7, 11) is 0. The largest absolute Gasteiger partial charge is 0.314 e. The number of aryl methyl sites for hydroxylation is 1. The van der Waals surface area contributed by atoms with Gasteiger partial charge in [0.15, 0.2) is 0 Å². The Morgan fingerprint density at radius 1 is 1.24 bits per heavy atom. The smallest absolute Gasteiger partial charge is 0.0408 e. The van der Waals surface area contributed by atoms with E-state index < -0.39 is 0 Å². The Balaban J connectivity index is 1.57. The lowest BCUT2D eigenvalue weighted by atomic mass is 9.93. The van der Waals surface area contributed by atoms with Gasteiger partial charge < -0.3 is 5.32 Å². The van der Waals surface area contributed by atoms with E-state index in [1.807, 2.05) is 6.07 Å². The van der Waals surface area contributed by atoms with Gasteiger partial charge in [0.25, 0.3) is 0 Å². The third-order valence-electron chi connectivity index (χ3n) is 4.11. The van der Waals surface area contributed by atoms with Crippen LogP contribution in [0.15, 0.2) is 41.1 Å². The van der Waals surface area contributed by atoms with Gasteiger partial charge in [0.1, 0.15) is 0 Å². The van der Waals surface area contributed by atoms with Crippen LogP contribution in [0.5, 0.6) is 0 Å². The van der Waals surface area contributed by atoms with Crippen LogP contribution in [0.2, 0.25) is 5.02 Å². The molecule has 21 heavy (non-hydrogen) atoms. The van der Waals surface area contributed by atoms with Gasteiger partial charge >= 0.3 is 0 Å². The van der Waals surface area contributed by atoms with Crippen LogP contribution < -0.4 is 5.32 Å². The van der Waals surface area contributed by atoms with Gasteiger partial charge in [-0.3, -0.25) is 0 Å². The first kappa shape index (κ1) is 15.1. The maximum atomic E-state index is 6.11. The molecule has 1 N–H and O–H groups in total. The number of nitrogens with one attached hydrogen (secondary N) is 1. The van der Waals surface area contributed by atoms with Gasteiger partial charge in [0, 0.05) is 11.1 Å². The monoisotopic (exact) mass is 319 g/mol. The number of hydrogen-bond donors (Lipinski definition) is 1. The van der Waals surface area contributed by atoms with E-state index in [1.54, 1.807) is 11.3 Å². The molecule has 1 nitrogen and oxygen atoms in total. The fraction of sp³-hybridized carbons (Fsp3) is 0.444. The van der Waals surface area contributed by atoms with Crippen LogP contribution in [0.25, 0.3) is 0 Å². The van der Waals surface area contributed by atoms with Gasteiger partial charge in [0.05, 0.1) is 0 Å². The van der Waals surface area contributed by atoms with Gasteiger partial charge in [-0.25, -0.2) is 0 Å². The summed E-state index contributed by atoms with van der Waals surface area (Å²) in [5, 5.41) is 8.98. The Kier molecular flexibility index (Phi) is 5.34. The van der Waals surface area contributed by atoms with Crippen molar-refractivity contribution in [2.75, 3.05) is 6.54 Å². The average molecular weight is 320 g/mol. The van der Waals surface area contributed by atoms with Gasteiger partial charge in [-0.05, 0) is 84.7 Å². The highest BCUT2D eigenvalue weighted by molar-refractivity contribution is 7.07. The quantitative estimate of drug-likeness (QED) is 0.726. The molecule has 1 aromatic heterocycles. The second-order valence-electron chi connectivity index (χ2n) is 6.05. The number of halogens is 1. The van der Waals surface area contributed by atoms with E-state index in [1.165, 1.54) is 36.8 Å². The summed E-state index contributed by atoms with van der Waals surface area (Å²) in [5.41, 5.74) is 2.83. The zero-order chi connectivity index (χ0) is 14.5. The third-order valence-corrected chi connectivity index (χ3v) is 5.07. The Morgan fingerprint density at radius 3 is 2.86 bits per heavy atom.